The van der Waals surface area contributed by atoms with Crippen LogP contribution in [0.1, 0.15) is 27.7 Å². The van der Waals surface area contributed by atoms with Crippen LogP contribution in [-0.2, 0) is 14.2 Å². The van der Waals surface area contributed by atoms with Crippen LogP contribution in [0.5, 0.6) is 0 Å². The molecule has 0 aromatic carbocycles. The zero-order chi connectivity index (χ0) is 12.2. The van der Waals surface area contributed by atoms with Crippen molar-refractivity contribution in [1.82, 2.24) is 0 Å². The smallest absolute Gasteiger partial charge is 0.310 e. The number of hydrogen-bond acceptors (Lipinski definition) is 6. The second-order valence-corrected chi connectivity index (χ2v) is 7.25. The van der Waals surface area contributed by atoms with Gasteiger partial charge in [0.2, 0.25) is 5.72 Å². The lowest BCUT2D eigenvalue weighted by Crippen LogP contribution is -2.71. The molecule has 0 amide bonds. The number of methoxy groups -OCH3 is 2. The summed E-state index contributed by atoms with van der Waals surface area (Å²) in [5.41, 5.74) is -0.684. The molecular formula is C10H18N2O3S. The molecule has 6 heteroatoms. The number of ether oxygens (including phenoxy) is 3. The van der Waals surface area contributed by atoms with E-state index >= 15 is 0 Å². The van der Waals surface area contributed by atoms with Crippen molar-refractivity contribution in [3.8, 4) is 0 Å². The molecule has 16 heavy (non-hydrogen) atoms. The minimum absolute atomic E-state index is 0.140. The molecular weight excluding hydrogens is 228 g/mol. The van der Waals surface area contributed by atoms with E-state index in [1.54, 1.807) is 0 Å². The van der Waals surface area contributed by atoms with E-state index < -0.39 is 11.8 Å². The summed E-state index contributed by atoms with van der Waals surface area (Å²) >= 11 is 1.82. The molecule has 2 aliphatic heterocycles. The molecule has 2 rings (SSSR count). The third-order valence-corrected chi connectivity index (χ3v) is 4.82. The number of hydrogen-bond donors (Lipinski definition) is 0. The Bertz CT molecular complexity index is 323. The van der Waals surface area contributed by atoms with E-state index in [9.17, 15) is 0 Å². The zero-order valence-corrected chi connectivity index (χ0v) is 11.3. The maximum atomic E-state index is 5.90. The van der Waals surface area contributed by atoms with Gasteiger partial charge in [-0.25, -0.2) is 0 Å². The van der Waals surface area contributed by atoms with Gasteiger partial charge in [-0.05, 0) is 27.7 Å². The summed E-state index contributed by atoms with van der Waals surface area (Å²) in [6.45, 7) is 8.35. The lowest BCUT2D eigenvalue weighted by Gasteiger charge is -2.60. The van der Waals surface area contributed by atoms with Gasteiger partial charge in [0, 0.05) is 14.2 Å². The summed E-state index contributed by atoms with van der Waals surface area (Å²) in [5, 5.41) is 8.32. The highest BCUT2D eigenvalue weighted by molar-refractivity contribution is 8.03. The van der Waals surface area contributed by atoms with Crippen molar-refractivity contribution in [3.05, 3.63) is 0 Å². The van der Waals surface area contributed by atoms with Gasteiger partial charge in [0.1, 0.15) is 0 Å². The van der Waals surface area contributed by atoms with Gasteiger partial charge in [0.15, 0.2) is 0 Å². The van der Waals surface area contributed by atoms with Gasteiger partial charge in [-0.3, -0.25) is 4.74 Å². The van der Waals surface area contributed by atoms with Crippen molar-refractivity contribution >= 4 is 11.8 Å². The van der Waals surface area contributed by atoms with Crippen LogP contribution >= 0.6 is 11.8 Å². The highest BCUT2D eigenvalue weighted by Crippen LogP contribution is 2.67. The maximum Gasteiger partial charge on any atom is 0.414 e. The molecule has 2 heterocycles. The summed E-state index contributed by atoms with van der Waals surface area (Å²) in [6, 6.07) is 0. The van der Waals surface area contributed by atoms with Crippen LogP contribution < -0.4 is 0 Å². The van der Waals surface area contributed by atoms with Crippen LogP contribution in [0.25, 0.3) is 0 Å². The predicted molar refractivity (Wildman–Crippen MR) is 61.2 cm³/mol. The first-order valence-corrected chi connectivity index (χ1v) is 6.00. The van der Waals surface area contributed by atoms with Crippen LogP contribution in [0.15, 0.2) is 10.2 Å². The van der Waals surface area contributed by atoms with Crippen molar-refractivity contribution in [3.63, 3.8) is 0 Å². The van der Waals surface area contributed by atoms with Crippen molar-refractivity contribution in [2.24, 2.45) is 10.2 Å². The molecule has 0 unspecified atom stereocenters. The molecule has 0 atom stereocenters. The second-order valence-electron chi connectivity index (χ2n) is 5.00. The first-order valence-electron chi connectivity index (χ1n) is 5.19. The molecule has 0 saturated carbocycles. The molecule has 0 aromatic rings. The molecule has 1 spiro atoms. The molecule has 5 nitrogen and oxygen atoms in total. The Hall–Kier alpha value is -0.170. The predicted octanol–water partition coefficient (Wildman–Crippen LogP) is 2.37. The third kappa shape index (κ3) is 1.24. The fourth-order valence-electron chi connectivity index (χ4n) is 2.55. The maximum absolute atomic E-state index is 5.90. The van der Waals surface area contributed by atoms with Crippen molar-refractivity contribution in [2.45, 2.75) is 49.0 Å². The van der Waals surface area contributed by atoms with Crippen LogP contribution in [-0.4, -0.2) is 35.5 Å². The minimum atomic E-state index is -1.38. The summed E-state index contributed by atoms with van der Waals surface area (Å²) in [5.74, 6) is 0. The molecule has 0 N–H and O–H groups in total. The quantitative estimate of drug-likeness (QED) is 0.702. The molecule has 0 aromatic heterocycles. The Kier molecular flexibility index (Phi) is 2.45. The summed E-state index contributed by atoms with van der Waals surface area (Å²) in [4.78, 5) is 0. The van der Waals surface area contributed by atoms with E-state index in [1.807, 2.05) is 11.8 Å². The van der Waals surface area contributed by atoms with Gasteiger partial charge in [0.25, 0.3) is 0 Å². The monoisotopic (exact) mass is 246 g/mol. The van der Waals surface area contributed by atoms with E-state index in [-0.39, 0.29) is 9.49 Å². The fraction of sp³-hybridized carbons (Fsp3) is 1.00. The summed E-state index contributed by atoms with van der Waals surface area (Å²) in [6.07, 6.45) is -1.38. The number of nitrogens with zero attached hydrogens (tertiary/aromatic N) is 2. The Morgan fingerprint density at radius 2 is 1.44 bits per heavy atom. The Morgan fingerprint density at radius 3 is 1.69 bits per heavy atom. The Labute approximate surface area is 99.9 Å². The normalized spacial score (nSPS) is 31.6. The summed E-state index contributed by atoms with van der Waals surface area (Å²) in [7, 11) is 2.99. The molecule has 1 fully saturated rings. The minimum Gasteiger partial charge on any atom is -0.310 e. The fourth-order valence-corrected chi connectivity index (χ4v) is 4.62. The van der Waals surface area contributed by atoms with Crippen molar-refractivity contribution < 1.29 is 14.2 Å². The number of azo groups is 1. The van der Waals surface area contributed by atoms with E-state index in [0.29, 0.717) is 0 Å². The average molecular weight is 246 g/mol. The molecule has 2 aliphatic rings. The first-order chi connectivity index (χ1) is 7.24. The Balaban J connectivity index is 2.34. The second kappa shape index (κ2) is 3.19. The lowest BCUT2D eigenvalue weighted by molar-refractivity contribution is -0.379. The van der Waals surface area contributed by atoms with E-state index in [0.717, 1.165) is 0 Å². The van der Waals surface area contributed by atoms with Gasteiger partial charge in [0.05, 0.1) is 9.49 Å². The first kappa shape index (κ1) is 12.3. The lowest BCUT2D eigenvalue weighted by atomic mass is 9.85. The van der Waals surface area contributed by atoms with Gasteiger partial charge in [-0.2, -0.15) is 0 Å². The highest BCUT2D eigenvalue weighted by atomic mass is 32.2. The zero-order valence-electron chi connectivity index (χ0n) is 10.5. The summed E-state index contributed by atoms with van der Waals surface area (Å²) < 4.78 is 15.9. The Morgan fingerprint density at radius 1 is 0.938 bits per heavy atom. The van der Waals surface area contributed by atoms with Crippen LogP contribution in [0, 0.1) is 0 Å². The SMILES string of the molecule is COC1(OC)N=NC2(O1)C(C)(C)SC2(C)C. The van der Waals surface area contributed by atoms with Crippen molar-refractivity contribution in [2.75, 3.05) is 14.2 Å². The van der Waals surface area contributed by atoms with E-state index in [1.165, 1.54) is 14.2 Å². The largest absolute Gasteiger partial charge is 0.414 e. The molecule has 1 saturated heterocycles. The van der Waals surface area contributed by atoms with Crippen molar-refractivity contribution in [1.29, 1.82) is 0 Å². The molecule has 0 radical (unpaired) electrons. The standard InChI is InChI=1S/C10H18N2O3S/c1-7(2)9(8(3,4)16-7)11-12-10(13-5,14-6)15-9/h1-6H3. The topological polar surface area (TPSA) is 52.4 Å². The van der Waals surface area contributed by atoms with Gasteiger partial charge in [-0.15, -0.1) is 16.9 Å². The third-order valence-electron chi connectivity index (χ3n) is 3.25. The van der Waals surface area contributed by atoms with Crippen LogP contribution in [0.2, 0.25) is 0 Å². The number of rotatable bonds is 2. The van der Waals surface area contributed by atoms with E-state index in [2.05, 4.69) is 37.9 Å². The van der Waals surface area contributed by atoms with Crippen LogP contribution in [0.4, 0.5) is 0 Å². The van der Waals surface area contributed by atoms with Crippen LogP contribution in [0.3, 0.4) is 0 Å². The molecule has 92 valence electrons. The highest BCUT2D eigenvalue weighted by Gasteiger charge is 2.74. The van der Waals surface area contributed by atoms with Gasteiger partial charge >= 0.3 is 6.10 Å². The van der Waals surface area contributed by atoms with E-state index in [4.69, 9.17) is 14.2 Å². The average Bonchev–Trinajstić information content (AvgIpc) is 2.60. The number of thioether (sulfide) groups is 1. The molecule has 0 bridgehead atoms. The molecule has 0 aliphatic carbocycles. The van der Waals surface area contributed by atoms with Gasteiger partial charge in [-0.1, -0.05) is 5.11 Å². The van der Waals surface area contributed by atoms with Gasteiger partial charge < -0.3 is 9.47 Å².